The highest BCUT2D eigenvalue weighted by molar-refractivity contribution is 5.64. The largest absolute Gasteiger partial charge is 0.489 e. The van der Waals surface area contributed by atoms with Gasteiger partial charge in [0.2, 0.25) is 0 Å². The zero-order chi connectivity index (χ0) is 20.9. The molecule has 0 radical (unpaired) electrons. The molecular formula is C27H23N3O. The van der Waals surface area contributed by atoms with Crippen LogP contribution in [0.1, 0.15) is 16.8 Å². The average molecular weight is 406 g/mol. The van der Waals surface area contributed by atoms with Crippen LogP contribution in [-0.2, 0) is 13.0 Å². The first-order chi connectivity index (χ1) is 15.3. The molecule has 0 saturated heterocycles. The molecule has 5 rings (SSSR count). The summed E-state index contributed by atoms with van der Waals surface area (Å²) in [4.78, 5) is 4.87. The van der Waals surface area contributed by atoms with Gasteiger partial charge in [0.15, 0.2) is 0 Å². The van der Waals surface area contributed by atoms with Crippen LogP contribution in [0.2, 0.25) is 0 Å². The number of pyridine rings is 1. The van der Waals surface area contributed by atoms with Crippen LogP contribution in [0.5, 0.6) is 5.75 Å². The van der Waals surface area contributed by atoms with E-state index in [0.717, 1.165) is 40.6 Å². The molecule has 4 nitrogen and oxygen atoms in total. The summed E-state index contributed by atoms with van der Waals surface area (Å²) >= 11 is 0. The second-order valence-electron chi connectivity index (χ2n) is 7.42. The average Bonchev–Trinajstić information content (AvgIpc) is 3.17. The molecule has 0 fully saturated rings. The number of hydrogen-bond donors (Lipinski definition) is 1. The van der Waals surface area contributed by atoms with E-state index in [-0.39, 0.29) is 0 Å². The van der Waals surface area contributed by atoms with Crippen LogP contribution in [0.3, 0.4) is 0 Å². The van der Waals surface area contributed by atoms with Crippen LogP contribution >= 0.6 is 0 Å². The molecule has 0 aliphatic carbocycles. The van der Waals surface area contributed by atoms with Gasteiger partial charge in [-0.3, -0.25) is 4.40 Å². The molecule has 0 aliphatic heterocycles. The molecule has 2 heterocycles. The number of ether oxygens (including phenoxy) is 1. The number of nitrogens with zero attached hydrogens (tertiary/aromatic N) is 2. The fourth-order valence-electron chi connectivity index (χ4n) is 3.60. The molecule has 152 valence electrons. The van der Waals surface area contributed by atoms with Crippen LogP contribution in [0, 0.1) is 0 Å². The molecule has 0 bridgehead atoms. The van der Waals surface area contributed by atoms with Gasteiger partial charge in [0.25, 0.3) is 0 Å². The first-order valence-corrected chi connectivity index (χ1v) is 10.4. The molecule has 0 unspecified atom stereocenters. The molecule has 5 aromatic rings. The van der Waals surface area contributed by atoms with Crippen molar-refractivity contribution in [2.75, 3.05) is 5.32 Å². The summed E-state index contributed by atoms with van der Waals surface area (Å²) < 4.78 is 8.01. The van der Waals surface area contributed by atoms with E-state index in [2.05, 4.69) is 46.1 Å². The van der Waals surface area contributed by atoms with E-state index in [1.54, 1.807) is 0 Å². The van der Waals surface area contributed by atoms with Crippen LogP contribution in [-0.4, -0.2) is 9.38 Å². The van der Waals surface area contributed by atoms with E-state index in [9.17, 15) is 0 Å². The molecule has 1 N–H and O–H groups in total. The maximum atomic E-state index is 5.92. The van der Waals surface area contributed by atoms with E-state index < -0.39 is 0 Å². The number of imidazole rings is 1. The Morgan fingerprint density at radius 3 is 2.19 bits per heavy atom. The van der Waals surface area contributed by atoms with Gasteiger partial charge in [0.05, 0.1) is 5.69 Å². The SMILES string of the molecule is c1ccc(COc2ccc(Cc3nc4ccccn4c3Nc3ccccc3)cc2)cc1. The minimum absolute atomic E-state index is 0.567. The second kappa shape index (κ2) is 8.76. The second-order valence-corrected chi connectivity index (χ2v) is 7.42. The van der Waals surface area contributed by atoms with Gasteiger partial charge in [-0.25, -0.2) is 4.98 Å². The van der Waals surface area contributed by atoms with Crippen molar-refractivity contribution in [2.24, 2.45) is 0 Å². The number of anilines is 2. The number of aromatic nitrogens is 2. The molecule has 0 aliphatic rings. The lowest BCUT2D eigenvalue weighted by atomic mass is 10.1. The number of hydrogen-bond acceptors (Lipinski definition) is 3. The lowest BCUT2D eigenvalue weighted by Gasteiger charge is -2.10. The summed E-state index contributed by atoms with van der Waals surface area (Å²) in [6, 6.07) is 34.7. The summed E-state index contributed by atoms with van der Waals surface area (Å²) in [6.07, 6.45) is 2.77. The number of para-hydroxylation sites is 1. The molecule has 3 aromatic carbocycles. The molecule has 2 aromatic heterocycles. The number of fused-ring (bicyclic) bond motifs is 1. The zero-order valence-corrected chi connectivity index (χ0v) is 17.1. The minimum atomic E-state index is 0.567. The van der Waals surface area contributed by atoms with Crippen LogP contribution in [0.4, 0.5) is 11.5 Å². The summed E-state index contributed by atoms with van der Waals surface area (Å²) in [5.74, 6) is 1.86. The first kappa shape index (κ1) is 18.9. The normalized spacial score (nSPS) is 10.8. The molecule has 0 amide bonds. The highest BCUT2D eigenvalue weighted by Gasteiger charge is 2.13. The third kappa shape index (κ3) is 4.43. The Bertz CT molecular complexity index is 1260. The Kier molecular flexibility index (Phi) is 5.35. The maximum Gasteiger partial charge on any atom is 0.138 e. The standard InChI is InChI=1S/C27H23N3O/c1-3-9-22(10-4-1)20-31-24-16-14-21(15-17-24)19-25-27(28-23-11-5-2-6-12-23)30-18-8-7-13-26(30)29-25/h1-18,28H,19-20H2. The number of rotatable bonds is 7. The monoisotopic (exact) mass is 405 g/mol. The van der Waals surface area contributed by atoms with Crippen molar-refractivity contribution < 1.29 is 4.74 Å². The summed E-state index contributed by atoms with van der Waals surface area (Å²) in [7, 11) is 0. The zero-order valence-electron chi connectivity index (χ0n) is 17.1. The Labute approximate surface area is 181 Å². The van der Waals surface area contributed by atoms with Crippen LogP contribution in [0.15, 0.2) is 109 Å². The minimum Gasteiger partial charge on any atom is -0.489 e. The van der Waals surface area contributed by atoms with Gasteiger partial charge in [-0.15, -0.1) is 0 Å². The number of nitrogens with one attached hydrogen (secondary N) is 1. The summed E-state index contributed by atoms with van der Waals surface area (Å²) in [5, 5.41) is 3.54. The van der Waals surface area contributed by atoms with Crippen molar-refractivity contribution in [2.45, 2.75) is 13.0 Å². The third-order valence-corrected chi connectivity index (χ3v) is 5.18. The van der Waals surface area contributed by atoms with Gasteiger partial charge >= 0.3 is 0 Å². The Morgan fingerprint density at radius 1 is 0.710 bits per heavy atom. The van der Waals surface area contributed by atoms with Crippen LogP contribution in [0.25, 0.3) is 5.65 Å². The van der Waals surface area contributed by atoms with E-state index >= 15 is 0 Å². The molecular weight excluding hydrogens is 382 g/mol. The van der Waals surface area contributed by atoms with Crippen molar-refractivity contribution >= 4 is 17.2 Å². The summed E-state index contributed by atoms with van der Waals surface area (Å²) in [5.41, 5.74) is 5.32. The van der Waals surface area contributed by atoms with Gasteiger partial charge in [-0.2, -0.15) is 0 Å². The predicted octanol–water partition coefficient (Wildman–Crippen LogP) is 6.25. The molecule has 31 heavy (non-hydrogen) atoms. The molecule has 4 heteroatoms. The van der Waals surface area contributed by atoms with Gasteiger partial charge in [0, 0.05) is 18.3 Å². The van der Waals surface area contributed by atoms with Gasteiger partial charge in [-0.1, -0.05) is 66.7 Å². The van der Waals surface area contributed by atoms with Crippen molar-refractivity contribution in [3.8, 4) is 5.75 Å². The Hall–Kier alpha value is -4.05. The fourth-order valence-corrected chi connectivity index (χ4v) is 3.60. The highest BCUT2D eigenvalue weighted by Crippen LogP contribution is 2.25. The van der Waals surface area contributed by atoms with Crippen molar-refractivity contribution in [3.05, 3.63) is 126 Å². The molecule has 0 spiro atoms. The van der Waals surface area contributed by atoms with Crippen molar-refractivity contribution in [3.63, 3.8) is 0 Å². The maximum absolute atomic E-state index is 5.92. The lowest BCUT2D eigenvalue weighted by molar-refractivity contribution is 0.306. The smallest absolute Gasteiger partial charge is 0.138 e. The van der Waals surface area contributed by atoms with Gasteiger partial charge in [-0.05, 0) is 47.5 Å². The van der Waals surface area contributed by atoms with Gasteiger partial charge < -0.3 is 10.1 Å². The first-order valence-electron chi connectivity index (χ1n) is 10.4. The topological polar surface area (TPSA) is 38.6 Å². The van der Waals surface area contributed by atoms with E-state index in [4.69, 9.17) is 9.72 Å². The highest BCUT2D eigenvalue weighted by atomic mass is 16.5. The van der Waals surface area contributed by atoms with Crippen molar-refractivity contribution in [1.82, 2.24) is 9.38 Å². The van der Waals surface area contributed by atoms with Crippen LogP contribution < -0.4 is 10.1 Å². The Morgan fingerprint density at radius 2 is 1.42 bits per heavy atom. The van der Waals surface area contributed by atoms with Crippen molar-refractivity contribution in [1.29, 1.82) is 0 Å². The summed E-state index contributed by atoms with van der Waals surface area (Å²) in [6.45, 7) is 0.567. The quantitative estimate of drug-likeness (QED) is 0.348. The van der Waals surface area contributed by atoms with Gasteiger partial charge in [0.1, 0.15) is 23.8 Å². The molecule has 0 atom stereocenters. The van der Waals surface area contributed by atoms with E-state index in [1.165, 1.54) is 5.56 Å². The van der Waals surface area contributed by atoms with E-state index in [0.29, 0.717) is 6.61 Å². The number of benzene rings is 3. The molecule has 0 saturated carbocycles. The Balaban J connectivity index is 1.35. The fraction of sp³-hybridized carbons (Fsp3) is 0.0741. The predicted molar refractivity (Wildman–Crippen MR) is 125 cm³/mol. The lowest BCUT2D eigenvalue weighted by Crippen LogP contribution is -1.99. The third-order valence-electron chi connectivity index (χ3n) is 5.18. The van der Waals surface area contributed by atoms with E-state index in [1.807, 2.05) is 72.9 Å².